The lowest BCUT2D eigenvalue weighted by molar-refractivity contribution is -0.104. The van der Waals surface area contributed by atoms with Crippen molar-refractivity contribution in [2.24, 2.45) is 10.7 Å². The van der Waals surface area contributed by atoms with Crippen LogP contribution in [0.1, 0.15) is 0 Å². The van der Waals surface area contributed by atoms with Crippen LogP contribution >= 0.6 is 0 Å². The lowest BCUT2D eigenvalue weighted by Crippen LogP contribution is -2.01. The van der Waals surface area contributed by atoms with Gasteiger partial charge in [-0.3, -0.25) is 4.79 Å². The lowest BCUT2D eigenvalue weighted by Gasteiger charge is -1.89. The van der Waals surface area contributed by atoms with Crippen LogP contribution in [0.2, 0.25) is 0 Å². The Labute approximate surface area is 52.6 Å². The van der Waals surface area contributed by atoms with Crippen molar-refractivity contribution in [3.63, 3.8) is 0 Å². The van der Waals surface area contributed by atoms with Crippen LogP contribution in [-0.4, -0.2) is 19.2 Å². The summed E-state index contributed by atoms with van der Waals surface area (Å²) in [5, 5.41) is 6.61. The van der Waals surface area contributed by atoms with Gasteiger partial charge in [0, 0.05) is 6.21 Å². The summed E-state index contributed by atoms with van der Waals surface area (Å²) in [6, 6.07) is 0. The van der Waals surface area contributed by atoms with Crippen LogP contribution < -0.4 is 5.73 Å². The van der Waals surface area contributed by atoms with Crippen LogP contribution in [-0.2, 0) is 4.79 Å². The van der Waals surface area contributed by atoms with E-state index in [9.17, 15) is 4.79 Å². The largest absolute Gasteiger partial charge is 0.383 e. The average molecular weight is 125 g/mol. The lowest BCUT2D eigenvalue weighted by atomic mass is 10.3. The molecule has 0 saturated carbocycles. The molecule has 0 heterocycles. The first-order valence-corrected chi connectivity index (χ1v) is 2.18. The summed E-state index contributed by atoms with van der Waals surface area (Å²) in [4.78, 5) is 13.2. The van der Waals surface area contributed by atoms with Crippen LogP contribution in [0.5, 0.6) is 0 Å². The molecule has 0 unspecified atom stereocenters. The molecule has 9 heavy (non-hydrogen) atoms. The van der Waals surface area contributed by atoms with E-state index in [4.69, 9.17) is 11.1 Å². The summed E-state index contributed by atoms with van der Waals surface area (Å²) < 4.78 is 0. The summed E-state index contributed by atoms with van der Waals surface area (Å²) >= 11 is 0. The van der Waals surface area contributed by atoms with Gasteiger partial charge in [0.1, 0.15) is 5.82 Å². The standard InChI is InChI=1S/C5H7N3O/c1-8-5(7)4(2-6)3-9/h2-3,6H,1,7H2/b5-4-,6-2?. The molecule has 0 spiro atoms. The van der Waals surface area contributed by atoms with Crippen molar-refractivity contribution in [2.75, 3.05) is 0 Å². The number of aliphatic imine (C=N–C) groups is 1. The van der Waals surface area contributed by atoms with Gasteiger partial charge in [-0.25, -0.2) is 4.99 Å². The highest BCUT2D eigenvalue weighted by Gasteiger charge is 1.93. The number of aldehydes is 1. The van der Waals surface area contributed by atoms with Crippen LogP contribution in [0.4, 0.5) is 0 Å². The van der Waals surface area contributed by atoms with Crippen molar-refractivity contribution in [3.8, 4) is 0 Å². The molecule has 0 amide bonds. The summed E-state index contributed by atoms with van der Waals surface area (Å²) in [7, 11) is 0. The Kier molecular flexibility index (Phi) is 2.97. The molecule has 0 aromatic rings. The van der Waals surface area contributed by atoms with Crippen molar-refractivity contribution in [3.05, 3.63) is 11.4 Å². The third-order valence-electron chi connectivity index (χ3n) is 0.749. The molecule has 0 aliphatic rings. The molecule has 0 aliphatic carbocycles. The minimum absolute atomic E-state index is 0.0139. The Morgan fingerprint density at radius 1 is 1.78 bits per heavy atom. The minimum atomic E-state index is -0.0139. The molecule has 0 atom stereocenters. The van der Waals surface area contributed by atoms with Gasteiger partial charge in [-0.2, -0.15) is 0 Å². The number of nitrogens with two attached hydrogens (primary N) is 1. The van der Waals surface area contributed by atoms with Gasteiger partial charge >= 0.3 is 0 Å². The number of allylic oxidation sites excluding steroid dienone is 1. The predicted molar refractivity (Wildman–Crippen MR) is 35.6 cm³/mol. The van der Waals surface area contributed by atoms with Crippen LogP contribution in [0, 0.1) is 5.41 Å². The Hall–Kier alpha value is -1.45. The normalized spacial score (nSPS) is 11.6. The van der Waals surface area contributed by atoms with Gasteiger partial charge < -0.3 is 11.1 Å². The zero-order valence-corrected chi connectivity index (χ0v) is 4.79. The van der Waals surface area contributed by atoms with Crippen LogP contribution in [0.25, 0.3) is 0 Å². The van der Waals surface area contributed by atoms with E-state index in [1.165, 1.54) is 0 Å². The maximum absolute atomic E-state index is 9.96. The zero-order valence-electron chi connectivity index (χ0n) is 4.79. The molecule has 48 valence electrons. The molecule has 0 bridgehead atoms. The topological polar surface area (TPSA) is 79.3 Å². The Morgan fingerprint density at radius 2 is 2.33 bits per heavy atom. The number of carbonyl (C=O) groups excluding carboxylic acids is 1. The minimum Gasteiger partial charge on any atom is -0.383 e. The van der Waals surface area contributed by atoms with Crippen LogP contribution in [0.3, 0.4) is 0 Å². The van der Waals surface area contributed by atoms with E-state index in [-0.39, 0.29) is 11.4 Å². The Bertz CT molecular complexity index is 161. The second-order valence-electron chi connectivity index (χ2n) is 1.26. The third-order valence-corrected chi connectivity index (χ3v) is 0.749. The Morgan fingerprint density at radius 3 is 2.44 bits per heavy atom. The molecule has 0 fully saturated rings. The molecule has 0 aromatic heterocycles. The van der Waals surface area contributed by atoms with Crippen molar-refractivity contribution in [1.82, 2.24) is 0 Å². The first-order valence-electron chi connectivity index (χ1n) is 2.18. The van der Waals surface area contributed by atoms with Crippen molar-refractivity contribution >= 4 is 19.2 Å². The SMILES string of the molecule is C=N/C(N)=C(/C=N)C=O. The van der Waals surface area contributed by atoms with E-state index in [0.717, 1.165) is 6.21 Å². The molecular weight excluding hydrogens is 118 g/mol. The van der Waals surface area contributed by atoms with Gasteiger partial charge in [0.15, 0.2) is 6.29 Å². The molecule has 0 radical (unpaired) electrons. The highest BCUT2D eigenvalue weighted by Crippen LogP contribution is 1.90. The average Bonchev–Trinajstić information content (AvgIpc) is 1.90. The van der Waals surface area contributed by atoms with E-state index in [1.54, 1.807) is 0 Å². The highest BCUT2D eigenvalue weighted by molar-refractivity contribution is 6.01. The first-order chi connectivity index (χ1) is 4.26. The zero-order chi connectivity index (χ0) is 7.28. The summed E-state index contributed by atoms with van der Waals surface area (Å²) in [6.45, 7) is 3.08. The van der Waals surface area contributed by atoms with Crippen molar-refractivity contribution < 1.29 is 4.79 Å². The van der Waals surface area contributed by atoms with E-state index < -0.39 is 0 Å². The second-order valence-corrected chi connectivity index (χ2v) is 1.26. The third kappa shape index (κ3) is 1.85. The van der Waals surface area contributed by atoms with Gasteiger partial charge in [0.2, 0.25) is 0 Å². The highest BCUT2D eigenvalue weighted by atomic mass is 16.1. The summed E-state index contributed by atoms with van der Waals surface area (Å²) in [5.41, 5.74) is 5.15. The molecule has 3 N–H and O–H groups in total. The molecule has 0 saturated heterocycles. The Balaban J connectivity index is 4.56. The smallest absolute Gasteiger partial charge is 0.155 e. The maximum atomic E-state index is 9.96. The van der Waals surface area contributed by atoms with Gasteiger partial charge in [-0.15, -0.1) is 0 Å². The molecule has 4 heteroatoms. The number of carbonyl (C=O) groups is 1. The van der Waals surface area contributed by atoms with E-state index in [0.29, 0.717) is 6.29 Å². The predicted octanol–water partition coefficient (Wildman–Crippen LogP) is -0.294. The quantitative estimate of drug-likeness (QED) is 0.308. The van der Waals surface area contributed by atoms with E-state index in [1.807, 2.05) is 0 Å². The number of hydrogen-bond acceptors (Lipinski definition) is 4. The number of nitrogens with zero attached hydrogens (tertiary/aromatic N) is 1. The molecule has 0 aromatic carbocycles. The molecule has 4 nitrogen and oxygen atoms in total. The van der Waals surface area contributed by atoms with Crippen molar-refractivity contribution in [2.45, 2.75) is 0 Å². The molecule has 0 aliphatic heterocycles. The fourth-order valence-electron chi connectivity index (χ4n) is 0.260. The monoisotopic (exact) mass is 125 g/mol. The fourth-order valence-corrected chi connectivity index (χ4v) is 0.260. The van der Waals surface area contributed by atoms with Gasteiger partial charge in [-0.1, -0.05) is 0 Å². The van der Waals surface area contributed by atoms with E-state index in [2.05, 4.69) is 11.7 Å². The fraction of sp³-hybridized carbons (Fsp3) is 0. The van der Waals surface area contributed by atoms with Gasteiger partial charge in [0.05, 0.1) is 5.57 Å². The molecule has 0 rings (SSSR count). The maximum Gasteiger partial charge on any atom is 0.155 e. The molecular formula is C5H7N3O. The summed E-state index contributed by atoms with van der Waals surface area (Å²) in [5.74, 6) is -0.0139. The first kappa shape index (κ1) is 7.55. The van der Waals surface area contributed by atoms with Gasteiger partial charge in [0.25, 0.3) is 0 Å². The number of nitrogens with one attached hydrogen (secondary N) is 1. The number of rotatable bonds is 3. The second kappa shape index (κ2) is 3.54. The summed E-state index contributed by atoms with van der Waals surface area (Å²) in [6.07, 6.45) is 1.29. The van der Waals surface area contributed by atoms with Crippen LogP contribution in [0.15, 0.2) is 16.4 Å². The van der Waals surface area contributed by atoms with Gasteiger partial charge in [-0.05, 0) is 6.72 Å². The van der Waals surface area contributed by atoms with Crippen molar-refractivity contribution in [1.29, 1.82) is 5.41 Å². The van der Waals surface area contributed by atoms with E-state index >= 15 is 0 Å². The number of hydrogen-bond donors (Lipinski definition) is 2.